The first-order valence-electron chi connectivity index (χ1n) is 9.37. The van der Waals surface area contributed by atoms with Crippen LogP contribution in [0.5, 0.6) is 0 Å². The van der Waals surface area contributed by atoms with Crippen LogP contribution in [0.25, 0.3) is 0 Å². The second-order valence-corrected chi connectivity index (χ2v) is 7.21. The van der Waals surface area contributed by atoms with E-state index < -0.39 is 0 Å². The molecule has 124 valence electrons. The van der Waals surface area contributed by atoms with Crippen LogP contribution in [0, 0.1) is 17.8 Å². The normalized spacial score (nSPS) is 31.0. The molecule has 2 rings (SSSR count). The smallest absolute Gasteiger partial charge is 0.0772 e. The average Bonchev–Trinajstić information content (AvgIpc) is 2.56. The summed E-state index contributed by atoms with van der Waals surface area (Å²) in [6.45, 7) is 5.27. The molecule has 2 fully saturated rings. The lowest BCUT2D eigenvalue weighted by Crippen LogP contribution is -2.53. The topological polar surface area (TPSA) is 47.3 Å². The van der Waals surface area contributed by atoms with Crippen molar-refractivity contribution >= 4 is 0 Å². The zero-order chi connectivity index (χ0) is 15.1. The van der Waals surface area contributed by atoms with E-state index in [2.05, 4.69) is 19.3 Å². The molecule has 4 atom stereocenters. The zero-order valence-electron chi connectivity index (χ0n) is 14.2. The van der Waals surface area contributed by atoms with Crippen LogP contribution in [0.3, 0.4) is 0 Å². The first-order chi connectivity index (χ1) is 10.3. The molecule has 21 heavy (non-hydrogen) atoms. The molecule has 3 nitrogen and oxygen atoms in total. The number of nitrogens with one attached hydrogen (secondary N) is 1. The summed E-state index contributed by atoms with van der Waals surface area (Å²) in [6, 6.07) is 0.349. The van der Waals surface area contributed by atoms with Crippen LogP contribution in [-0.2, 0) is 4.74 Å². The summed E-state index contributed by atoms with van der Waals surface area (Å²) in [7, 11) is 0. The van der Waals surface area contributed by atoms with Gasteiger partial charge in [0.2, 0.25) is 0 Å². The minimum absolute atomic E-state index is 0.320. The van der Waals surface area contributed by atoms with E-state index >= 15 is 0 Å². The van der Waals surface area contributed by atoms with E-state index in [1.54, 1.807) is 0 Å². The molecule has 2 saturated carbocycles. The number of hydrogen-bond donors (Lipinski definition) is 2. The van der Waals surface area contributed by atoms with E-state index in [1.807, 2.05) is 0 Å². The standard InChI is InChI=1S/C18H36N2O/c1-3-14-9-8-12-16(13-14)17(20-19)18(21-4-2)15-10-6-5-7-11-15/h14-18,20H,3-13,19H2,1-2H3. The fourth-order valence-electron chi connectivity index (χ4n) is 4.72. The number of nitrogens with two attached hydrogens (primary N) is 1. The van der Waals surface area contributed by atoms with Crippen molar-refractivity contribution in [2.75, 3.05) is 6.61 Å². The van der Waals surface area contributed by atoms with Gasteiger partial charge in [-0.15, -0.1) is 0 Å². The molecule has 0 heterocycles. The van der Waals surface area contributed by atoms with Crippen LogP contribution >= 0.6 is 0 Å². The Morgan fingerprint density at radius 1 is 1.00 bits per heavy atom. The Hall–Kier alpha value is -0.120. The van der Waals surface area contributed by atoms with Crippen LogP contribution < -0.4 is 11.3 Å². The second-order valence-electron chi connectivity index (χ2n) is 7.21. The van der Waals surface area contributed by atoms with Crippen LogP contribution in [-0.4, -0.2) is 18.8 Å². The van der Waals surface area contributed by atoms with E-state index in [4.69, 9.17) is 10.6 Å². The number of hydrazine groups is 1. The Balaban J connectivity index is 2.03. The van der Waals surface area contributed by atoms with E-state index in [-0.39, 0.29) is 0 Å². The lowest BCUT2D eigenvalue weighted by atomic mass is 9.72. The lowest BCUT2D eigenvalue weighted by Gasteiger charge is -2.41. The van der Waals surface area contributed by atoms with Crippen molar-refractivity contribution < 1.29 is 4.74 Å². The highest BCUT2D eigenvalue weighted by atomic mass is 16.5. The van der Waals surface area contributed by atoms with Gasteiger partial charge in [0, 0.05) is 6.61 Å². The van der Waals surface area contributed by atoms with Gasteiger partial charge in [0.15, 0.2) is 0 Å². The molecule has 0 aromatic rings. The van der Waals surface area contributed by atoms with Crippen molar-refractivity contribution in [2.45, 2.75) is 90.2 Å². The lowest BCUT2D eigenvalue weighted by molar-refractivity contribution is -0.0382. The summed E-state index contributed by atoms with van der Waals surface area (Å²) >= 11 is 0. The molecule has 3 N–H and O–H groups in total. The van der Waals surface area contributed by atoms with Gasteiger partial charge in [-0.3, -0.25) is 11.3 Å². The Morgan fingerprint density at radius 3 is 2.33 bits per heavy atom. The number of ether oxygens (including phenoxy) is 1. The maximum absolute atomic E-state index is 6.21. The van der Waals surface area contributed by atoms with Gasteiger partial charge >= 0.3 is 0 Å². The Labute approximate surface area is 131 Å². The molecular formula is C18H36N2O. The minimum atomic E-state index is 0.320. The maximum Gasteiger partial charge on any atom is 0.0772 e. The molecule has 3 heteroatoms. The quantitative estimate of drug-likeness (QED) is 0.551. The van der Waals surface area contributed by atoms with E-state index in [0.29, 0.717) is 24.0 Å². The molecule has 2 aliphatic rings. The number of hydrogen-bond acceptors (Lipinski definition) is 3. The van der Waals surface area contributed by atoms with E-state index in [9.17, 15) is 0 Å². The van der Waals surface area contributed by atoms with Crippen molar-refractivity contribution in [1.82, 2.24) is 5.43 Å². The van der Waals surface area contributed by atoms with E-state index in [1.165, 1.54) is 64.2 Å². The first-order valence-corrected chi connectivity index (χ1v) is 9.37. The van der Waals surface area contributed by atoms with Crippen LogP contribution in [0.2, 0.25) is 0 Å². The third-order valence-corrected chi connectivity index (χ3v) is 5.93. The minimum Gasteiger partial charge on any atom is -0.377 e. The predicted octanol–water partition coefficient (Wildman–Crippen LogP) is 4.02. The maximum atomic E-state index is 6.21. The van der Waals surface area contributed by atoms with Crippen molar-refractivity contribution in [2.24, 2.45) is 23.6 Å². The summed E-state index contributed by atoms with van der Waals surface area (Å²) in [5, 5.41) is 0. The highest BCUT2D eigenvalue weighted by molar-refractivity contribution is 4.90. The molecule has 2 aliphatic carbocycles. The molecule has 0 amide bonds. The van der Waals surface area contributed by atoms with E-state index in [0.717, 1.165) is 12.5 Å². The van der Waals surface area contributed by atoms with Gasteiger partial charge in [0.1, 0.15) is 0 Å². The van der Waals surface area contributed by atoms with Crippen molar-refractivity contribution in [3.05, 3.63) is 0 Å². The van der Waals surface area contributed by atoms with Crippen molar-refractivity contribution in [1.29, 1.82) is 0 Å². The van der Waals surface area contributed by atoms with Crippen LogP contribution in [0.4, 0.5) is 0 Å². The summed E-state index contributed by atoms with van der Waals surface area (Å²) in [5.74, 6) is 8.31. The molecule has 0 saturated heterocycles. The van der Waals surface area contributed by atoms with Crippen LogP contribution in [0.1, 0.15) is 78.1 Å². The fraction of sp³-hybridized carbons (Fsp3) is 1.00. The molecule has 0 aromatic heterocycles. The molecular weight excluding hydrogens is 260 g/mol. The van der Waals surface area contributed by atoms with Gasteiger partial charge in [-0.2, -0.15) is 0 Å². The fourth-order valence-corrected chi connectivity index (χ4v) is 4.72. The first kappa shape index (κ1) is 17.2. The van der Waals surface area contributed by atoms with Crippen molar-refractivity contribution in [3.63, 3.8) is 0 Å². The average molecular weight is 296 g/mol. The second kappa shape index (κ2) is 9.12. The summed E-state index contributed by atoms with van der Waals surface area (Å²) in [6.07, 6.45) is 13.9. The van der Waals surface area contributed by atoms with Gasteiger partial charge in [-0.1, -0.05) is 45.4 Å². The third-order valence-electron chi connectivity index (χ3n) is 5.93. The van der Waals surface area contributed by atoms with Gasteiger partial charge in [-0.25, -0.2) is 0 Å². The number of rotatable bonds is 7. The largest absolute Gasteiger partial charge is 0.377 e. The van der Waals surface area contributed by atoms with Crippen LogP contribution in [0.15, 0.2) is 0 Å². The monoisotopic (exact) mass is 296 g/mol. The van der Waals surface area contributed by atoms with Gasteiger partial charge in [-0.05, 0) is 50.4 Å². The molecule has 4 unspecified atom stereocenters. The van der Waals surface area contributed by atoms with Crippen molar-refractivity contribution in [3.8, 4) is 0 Å². The predicted molar refractivity (Wildman–Crippen MR) is 88.8 cm³/mol. The molecule has 0 spiro atoms. The SMILES string of the molecule is CCOC(C1CCCCC1)C(NN)C1CCCC(CC)C1. The zero-order valence-corrected chi connectivity index (χ0v) is 14.2. The summed E-state index contributed by atoms with van der Waals surface area (Å²) in [5.41, 5.74) is 3.17. The molecule has 0 aromatic carbocycles. The Morgan fingerprint density at radius 2 is 1.71 bits per heavy atom. The summed E-state index contributed by atoms with van der Waals surface area (Å²) < 4.78 is 6.21. The molecule has 0 radical (unpaired) electrons. The third kappa shape index (κ3) is 4.67. The summed E-state index contributed by atoms with van der Waals surface area (Å²) in [4.78, 5) is 0. The highest BCUT2D eigenvalue weighted by Crippen LogP contribution is 2.37. The van der Waals surface area contributed by atoms with Gasteiger partial charge in [0.05, 0.1) is 12.1 Å². The Bertz CT molecular complexity index is 278. The Kier molecular flexibility index (Phi) is 7.48. The van der Waals surface area contributed by atoms with Gasteiger partial charge < -0.3 is 4.74 Å². The highest BCUT2D eigenvalue weighted by Gasteiger charge is 2.37. The molecule has 0 bridgehead atoms. The molecule has 0 aliphatic heterocycles. The van der Waals surface area contributed by atoms with Gasteiger partial charge in [0.25, 0.3) is 0 Å².